The van der Waals surface area contributed by atoms with E-state index < -0.39 is 0 Å². The van der Waals surface area contributed by atoms with E-state index in [4.69, 9.17) is 4.99 Å². The molecule has 4 atom stereocenters. The molecule has 0 radical (unpaired) electrons. The monoisotopic (exact) mass is 309 g/mol. The fraction of sp³-hybridized carbons (Fsp3) is 0.650. The van der Waals surface area contributed by atoms with Gasteiger partial charge in [0.1, 0.15) is 5.84 Å². The molecule has 0 amide bonds. The Morgan fingerprint density at radius 2 is 1.83 bits per heavy atom. The molecule has 4 aliphatic rings. The highest BCUT2D eigenvalue weighted by Crippen LogP contribution is 2.56. The van der Waals surface area contributed by atoms with E-state index in [1.165, 1.54) is 50.3 Å². The van der Waals surface area contributed by atoms with E-state index in [2.05, 4.69) is 41.1 Å². The maximum Gasteiger partial charge on any atom is 0.109 e. The molecule has 5 rings (SSSR count). The van der Waals surface area contributed by atoms with Crippen LogP contribution in [0.5, 0.6) is 0 Å². The van der Waals surface area contributed by atoms with Gasteiger partial charge in [-0.05, 0) is 55.7 Å². The van der Waals surface area contributed by atoms with Crippen molar-refractivity contribution >= 4 is 11.5 Å². The SMILES string of the molecule is CN1CCN(C2=Nc3ccccc3C3C4CCC(C4)CC23)CC1. The third-order valence-corrected chi connectivity index (χ3v) is 6.80. The minimum absolute atomic E-state index is 0.680. The number of rotatable bonds is 0. The van der Waals surface area contributed by atoms with Crippen LogP contribution in [0.15, 0.2) is 29.3 Å². The van der Waals surface area contributed by atoms with Crippen molar-refractivity contribution in [1.29, 1.82) is 0 Å². The third kappa shape index (κ3) is 2.24. The van der Waals surface area contributed by atoms with Crippen LogP contribution in [0.4, 0.5) is 5.69 Å². The number of hydrogen-bond acceptors (Lipinski definition) is 3. The van der Waals surface area contributed by atoms with Crippen molar-refractivity contribution in [2.45, 2.75) is 31.6 Å². The maximum absolute atomic E-state index is 5.20. The Morgan fingerprint density at radius 3 is 2.70 bits per heavy atom. The molecular formula is C20H27N3. The zero-order valence-corrected chi connectivity index (χ0v) is 14.1. The topological polar surface area (TPSA) is 18.8 Å². The van der Waals surface area contributed by atoms with E-state index in [0.717, 1.165) is 30.8 Å². The highest BCUT2D eigenvalue weighted by Gasteiger charge is 2.47. The van der Waals surface area contributed by atoms with Crippen LogP contribution in [0.2, 0.25) is 0 Å². The van der Waals surface area contributed by atoms with Gasteiger partial charge >= 0.3 is 0 Å². The summed E-state index contributed by atoms with van der Waals surface area (Å²) in [5, 5.41) is 0. The van der Waals surface area contributed by atoms with Crippen molar-refractivity contribution in [1.82, 2.24) is 9.80 Å². The van der Waals surface area contributed by atoms with Gasteiger partial charge in [0, 0.05) is 32.1 Å². The van der Waals surface area contributed by atoms with Gasteiger partial charge in [0.15, 0.2) is 0 Å². The average molecular weight is 309 g/mol. The van der Waals surface area contributed by atoms with Gasteiger partial charge < -0.3 is 9.80 Å². The van der Waals surface area contributed by atoms with E-state index in [1.807, 2.05) is 0 Å². The molecule has 23 heavy (non-hydrogen) atoms. The Kier molecular flexibility index (Phi) is 3.26. The molecule has 1 saturated heterocycles. The highest BCUT2D eigenvalue weighted by molar-refractivity contribution is 5.91. The molecule has 2 bridgehead atoms. The van der Waals surface area contributed by atoms with E-state index in [0.29, 0.717) is 5.92 Å². The van der Waals surface area contributed by atoms with Gasteiger partial charge in [0.2, 0.25) is 0 Å². The first-order chi connectivity index (χ1) is 11.3. The van der Waals surface area contributed by atoms with Crippen LogP contribution in [0.25, 0.3) is 0 Å². The summed E-state index contributed by atoms with van der Waals surface area (Å²) >= 11 is 0. The van der Waals surface area contributed by atoms with Crippen LogP contribution in [-0.4, -0.2) is 48.9 Å². The van der Waals surface area contributed by atoms with Crippen molar-refractivity contribution in [3.63, 3.8) is 0 Å². The smallest absolute Gasteiger partial charge is 0.109 e. The predicted octanol–water partition coefficient (Wildman–Crippen LogP) is 3.50. The highest BCUT2D eigenvalue weighted by atomic mass is 15.3. The van der Waals surface area contributed by atoms with Crippen LogP contribution in [0, 0.1) is 17.8 Å². The summed E-state index contributed by atoms with van der Waals surface area (Å²) in [5.74, 6) is 4.71. The second-order valence-corrected chi connectivity index (χ2v) is 8.13. The van der Waals surface area contributed by atoms with Crippen molar-refractivity contribution in [2.24, 2.45) is 22.7 Å². The van der Waals surface area contributed by atoms with Crippen molar-refractivity contribution < 1.29 is 0 Å². The minimum atomic E-state index is 0.680. The summed E-state index contributed by atoms with van der Waals surface area (Å²) in [6, 6.07) is 8.97. The zero-order chi connectivity index (χ0) is 15.4. The lowest BCUT2D eigenvalue weighted by molar-refractivity contribution is 0.191. The number of piperazine rings is 1. The Bertz CT molecular complexity index is 630. The molecule has 122 valence electrons. The zero-order valence-electron chi connectivity index (χ0n) is 14.1. The number of hydrogen-bond donors (Lipinski definition) is 0. The number of fused-ring (bicyclic) bond motifs is 6. The summed E-state index contributed by atoms with van der Waals surface area (Å²) in [4.78, 5) is 10.2. The number of aliphatic imine (C=N–C) groups is 1. The standard InChI is InChI=1S/C20H27N3/c1-22-8-10-23(11-9-22)20-17-13-14-6-7-15(12-14)19(17)16-4-2-3-5-18(16)21-20/h2-5,14-15,17,19H,6-13H2,1H3. The lowest BCUT2D eigenvalue weighted by Gasteiger charge is -2.45. The first kappa shape index (κ1) is 14.0. The lowest BCUT2D eigenvalue weighted by Crippen LogP contribution is -2.51. The van der Waals surface area contributed by atoms with Crippen LogP contribution in [-0.2, 0) is 0 Å². The number of benzene rings is 1. The summed E-state index contributed by atoms with van der Waals surface area (Å²) in [7, 11) is 2.24. The Morgan fingerprint density at radius 1 is 1.00 bits per heavy atom. The number of amidine groups is 1. The number of nitrogens with zero attached hydrogens (tertiary/aromatic N) is 3. The Labute approximate surface area is 139 Å². The van der Waals surface area contributed by atoms with Gasteiger partial charge in [-0.25, -0.2) is 4.99 Å². The molecule has 2 aliphatic carbocycles. The molecule has 1 aromatic rings. The molecule has 2 saturated carbocycles. The molecule has 3 heteroatoms. The minimum Gasteiger partial charge on any atom is -0.357 e. The molecule has 0 spiro atoms. The summed E-state index contributed by atoms with van der Waals surface area (Å²) < 4.78 is 0. The second kappa shape index (κ2) is 5.34. The van der Waals surface area contributed by atoms with Crippen molar-refractivity contribution in [3.8, 4) is 0 Å². The Balaban J connectivity index is 1.56. The molecule has 2 aliphatic heterocycles. The number of likely N-dealkylation sites (N-methyl/N-ethyl adjacent to an activating group) is 1. The third-order valence-electron chi connectivity index (χ3n) is 6.80. The molecule has 4 unspecified atom stereocenters. The first-order valence-electron chi connectivity index (χ1n) is 9.40. The van der Waals surface area contributed by atoms with Gasteiger partial charge in [0.05, 0.1) is 5.69 Å². The lowest BCUT2D eigenvalue weighted by atomic mass is 9.67. The van der Waals surface area contributed by atoms with Crippen molar-refractivity contribution in [2.75, 3.05) is 33.2 Å². The largest absolute Gasteiger partial charge is 0.357 e. The second-order valence-electron chi connectivity index (χ2n) is 8.13. The molecule has 0 aromatic heterocycles. The summed E-state index contributed by atoms with van der Waals surface area (Å²) in [6.45, 7) is 4.64. The van der Waals surface area contributed by atoms with Gasteiger partial charge in [-0.15, -0.1) is 0 Å². The number of para-hydroxylation sites is 1. The first-order valence-corrected chi connectivity index (χ1v) is 9.40. The van der Waals surface area contributed by atoms with Crippen LogP contribution in [0.3, 0.4) is 0 Å². The van der Waals surface area contributed by atoms with Crippen molar-refractivity contribution in [3.05, 3.63) is 29.8 Å². The maximum atomic E-state index is 5.20. The molecule has 3 nitrogen and oxygen atoms in total. The fourth-order valence-electron chi connectivity index (χ4n) is 5.64. The Hall–Kier alpha value is -1.35. The van der Waals surface area contributed by atoms with Crippen LogP contribution in [0.1, 0.15) is 37.2 Å². The average Bonchev–Trinajstić information content (AvgIpc) is 2.96. The normalized spacial score (nSPS) is 36.4. The predicted molar refractivity (Wildman–Crippen MR) is 94.3 cm³/mol. The molecular weight excluding hydrogens is 282 g/mol. The van der Waals surface area contributed by atoms with Gasteiger partial charge in [0.25, 0.3) is 0 Å². The van der Waals surface area contributed by atoms with E-state index >= 15 is 0 Å². The van der Waals surface area contributed by atoms with Crippen LogP contribution >= 0.6 is 0 Å². The molecule has 3 fully saturated rings. The van der Waals surface area contributed by atoms with Gasteiger partial charge in [-0.3, -0.25) is 0 Å². The fourth-order valence-corrected chi connectivity index (χ4v) is 5.64. The van der Waals surface area contributed by atoms with Crippen LogP contribution < -0.4 is 0 Å². The molecule has 0 N–H and O–H groups in total. The van der Waals surface area contributed by atoms with E-state index in [-0.39, 0.29) is 0 Å². The summed E-state index contributed by atoms with van der Waals surface area (Å²) in [5.41, 5.74) is 2.80. The molecule has 1 aromatic carbocycles. The summed E-state index contributed by atoms with van der Waals surface area (Å²) in [6.07, 6.45) is 5.73. The van der Waals surface area contributed by atoms with E-state index in [1.54, 1.807) is 5.56 Å². The van der Waals surface area contributed by atoms with Gasteiger partial charge in [-0.1, -0.05) is 24.6 Å². The molecule has 2 heterocycles. The quantitative estimate of drug-likeness (QED) is 0.730. The van der Waals surface area contributed by atoms with E-state index in [9.17, 15) is 0 Å². The van der Waals surface area contributed by atoms with Gasteiger partial charge in [-0.2, -0.15) is 0 Å².